The Morgan fingerprint density at radius 1 is 0.889 bits per heavy atom. The van der Waals surface area contributed by atoms with Crippen LogP contribution in [0.5, 0.6) is 11.5 Å². The Morgan fingerprint density at radius 3 is 1.91 bits per heavy atom. The van der Waals surface area contributed by atoms with E-state index in [2.05, 4.69) is 68.9 Å². The molecule has 0 aliphatic rings. The van der Waals surface area contributed by atoms with E-state index in [1.807, 2.05) is 32.0 Å². The van der Waals surface area contributed by atoms with E-state index in [9.17, 15) is 8.78 Å². The predicted octanol–water partition coefficient (Wildman–Crippen LogP) is 13.0. The molecule has 1 atom stereocenters. The summed E-state index contributed by atoms with van der Waals surface area (Å²) in [4.78, 5) is 8.81. The van der Waals surface area contributed by atoms with Crippen LogP contribution in [0.25, 0.3) is 6.08 Å². The lowest BCUT2D eigenvalue weighted by Gasteiger charge is -2.53. The number of carbonyl (C=O) groups is 1. The second-order valence-corrected chi connectivity index (χ2v) is 14.3. The quantitative estimate of drug-likeness (QED) is 0.0861. The van der Waals surface area contributed by atoms with Crippen molar-refractivity contribution in [3.63, 3.8) is 0 Å². The van der Waals surface area contributed by atoms with E-state index in [0.717, 1.165) is 44.5 Å². The number of unbranched alkanes of at least 4 members (excludes halogenated alkanes) is 4. The molecule has 0 amide bonds. The van der Waals surface area contributed by atoms with Gasteiger partial charge in [-0.15, -0.1) is 0 Å². The van der Waals surface area contributed by atoms with Crippen molar-refractivity contribution in [2.45, 2.75) is 147 Å². The maximum Gasteiger partial charge on any atom is 0.248 e. The lowest BCUT2D eigenvalue weighted by atomic mass is 9.52. The first kappa shape index (κ1) is 45.0. The SMILES string of the molecule is C=C(CCCCCCCOc1ccc(/C=C/CC(C)(F)F)cc1OC)C(C)(CC(C)(C)C(C)C)C(C)(C)C(C)C.CC.CC=O. The first-order valence-electron chi connectivity index (χ1n) is 17.2. The fraction of sp³-hybridized carbons (Fsp3) is 0.725. The summed E-state index contributed by atoms with van der Waals surface area (Å²) in [6.45, 7) is 33.3. The number of aldehydes is 1. The number of allylic oxidation sites excluding steroid dienone is 2. The summed E-state index contributed by atoms with van der Waals surface area (Å²) in [5.74, 6) is -0.183. The van der Waals surface area contributed by atoms with Gasteiger partial charge in [-0.25, -0.2) is 8.78 Å². The predicted molar refractivity (Wildman–Crippen MR) is 193 cm³/mol. The molecule has 0 fully saturated rings. The standard InChI is InChI=1S/C36H60F2O2.C2H4O.C2H6/c1-27(2)33(6,7)26-35(10,34(8,9)28(3)4)29(5)19-16-14-13-15-17-24-40-31-22-21-30(25-32(31)39-12)20-18-23-36(11,37)38;1-2-3;1-2/h18,20-22,25,27-28H,5,13-17,19,23-24,26H2,1-4,6-12H3;2H,1H3;1-2H3/b20-18+;;. The molecule has 0 aliphatic heterocycles. The van der Waals surface area contributed by atoms with Crippen molar-refractivity contribution in [1.82, 2.24) is 0 Å². The van der Waals surface area contributed by atoms with Gasteiger partial charge in [0.05, 0.1) is 13.7 Å². The monoisotopic (exact) mass is 637 g/mol. The zero-order valence-electron chi connectivity index (χ0n) is 31.7. The maximum absolute atomic E-state index is 13.0. The first-order chi connectivity index (χ1) is 20.8. The zero-order valence-corrected chi connectivity index (χ0v) is 31.7. The number of hydrogen-bond donors (Lipinski definition) is 0. The van der Waals surface area contributed by atoms with Gasteiger partial charge >= 0.3 is 0 Å². The van der Waals surface area contributed by atoms with Gasteiger partial charge in [0.15, 0.2) is 11.5 Å². The van der Waals surface area contributed by atoms with E-state index in [1.54, 1.807) is 13.2 Å². The Morgan fingerprint density at radius 2 is 1.42 bits per heavy atom. The van der Waals surface area contributed by atoms with Gasteiger partial charge in [-0.2, -0.15) is 0 Å². The van der Waals surface area contributed by atoms with E-state index < -0.39 is 5.92 Å². The molecule has 0 bridgehead atoms. The highest BCUT2D eigenvalue weighted by molar-refractivity contribution is 5.56. The fourth-order valence-corrected chi connectivity index (χ4v) is 5.30. The normalized spacial score (nSPS) is 13.5. The number of alkyl halides is 2. The lowest BCUT2D eigenvalue weighted by molar-refractivity contribution is -0.106. The van der Waals surface area contributed by atoms with Crippen molar-refractivity contribution < 1.29 is 23.0 Å². The van der Waals surface area contributed by atoms with Gasteiger partial charge in [0, 0.05) is 6.42 Å². The summed E-state index contributed by atoms with van der Waals surface area (Å²) in [6, 6.07) is 5.54. The molecule has 3 nitrogen and oxygen atoms in total. The Kier molecular flexibility index (Phi) is 21.6. The molecule has 262 valence electrons. The molecule has 0 aliphatic carbocycles. The number of rotatable bonds is 19. The van der Waals surface area contributed by atoms with Crippen LogP contribution in [0.15, 0.2) is 36.4 Å². The molecule has 5 heteroatoms. The van der Waals surface area contributed by atoms with Gasteiger partial charge in [0.25, 0.3) is 0 Å². The molecule has 1 unspecified atom stereocenters. The second-order valence-electron chi connectivity index (χ2n) is 14.3. The Hall–Kier alpha value is -2.17. The molecular weight excluding hydrogens is 566 g/mol. The second kappa shape index (κ2) is 21.6. The van der Waals surface area contributed by atoms with Crippen LogP contribution in [0, 0.1) is 28.1 Å². The van der Waals surface area contributed by atoms with Crippen molar-refractivity contribution in [3.8, 4) is 11.5 Å². The average Bonchev–Trinajstić information content (AvgIpc) is 2.95. The van der Waals surface area contributed by atoms with Crippen LogP contribution < -0.4 is 9.47 Å². The number of benzene rings is 1. The van der Waals surface area contributed by atoms with Crippen molar-refractivity contribution in [2.24, 2.45) is 28.1 Å². The van der Waals surface area contributed by atoms with Gasteiger partial charge in [0.1, 0.15) is 6.29 Å². The molecular formula is C40H70F2O3. The Balaban J connectivity index is 0. The maximum atomic E-state index is 13.0. The van der Waals surface area contributed by atoms with Crippen molar-refractivity contribution in [1.29, 1.82) is 0 Å². The lowest BCUT2D eigenvalue weighted by Crippen LogP contribution is -2.44. The minimum atomic E-state index is -2.70. The number of carbonyl (C=O) groups excluding carboxylic acids is 1. The third-order valence-corrected chi connectivity index (χ3v) is 9.87. The molecule has 45 heavy (non-hydrogen) atoms. The van der Waals surface area contributed by atoms with Crippen LogP contribution in [0.3, 0.4) is 0 Å². The molecule has 0 heterocycles. The molecule has 1 aromatic carbocycles. The molecule has 0 saturated heterocycles. The molecule has 0 radical (unpaired) electrons. The van der Waals surface area contributed by atoms with Gasteiger partial charge in [-0.1, -0.05) is 126 Å². The summed E-state index contributed by atoms with van der Waals surface area (Å²) in [5, 5.41) is 0. The minimum absolute atomic E-state index is 0.0915. The van der Waals surface area contributed by atoms with Crippen LogP contribution in [0.2, 0.25) is 0 Å². The average molecular weight is 637 g/mol. The van der Waals surface area contributed by atoms with Crippen molar-refractivity contribution >= 4 is 12.4 Å². The van der Waals surface area contributed by atoms with Gasteiger partial charge < -0.3 is 14.3 Å². The fourth-order valence-electron chi connectivity index (χ4n) is 5.30. The van der Waals surface area contributed by atoms with E-state index in [0.29, 0.717) is 29.9 Å². The summed E-state index contributed by atoms with van der Waals surface area (Å²) < 4.78 is 37.5. The highest BCUT2D eigenvalue weighted by atomic mass is 19.3. The third kappa shape index (κ3) is 16.3. The molecule has 0 aromatic heterocycles. The zero-order chi connectivity index (χ0) is 35.5. The minimum Gasteiger partial charge on any atom is -0.493 e. The summed E-state index contributed by atoms with van der Waals surface area (Å²) in [6.07, 6.45) is 11.6. The van der Waals surface area contributed by atoms with Gasteiger partial charge in [-0.05, 0) is 85.3 Å². The molecule has 0 spiro atoms. The molecule has 0 N–H and O–H groups in total. The van der Waals surface area contributed by atoms with Crippen LogP contribution in [-0.2, 0) is 4.79 Å². The smallest absolute Gasteiger partial charge is 0.248 e. The van der Waals surface area contributed by atoms with E-state index in [1.165, 1.54) is 37.8 Å². The first-order valence-corrected chi connectivity index (χ1v) is 17.2. The topological polar surface area (TPSA) is 35.5 Å². The van der Waals surface area contributed by atoms with Gasteiger partial charge in [-0.3, -0.25) is 0 Å². The number of halogens is 2. The third-order valence-electron chi connectivity index (χ3n) is 9.87. The summed E-state index contributed by atoms with van der Waals surface area (Å²) in [7, 11) is 1.60. The highest BCUT2D eigenvalue weighted by Gasteiger charge is 2.47. The van der Waals surface area contributed by atoms with Crippen LogP contribution in [-0.4, -0.2) is 25.9 Å². The van der Waals surface area contributed by atoms with E-state index >= 15 is 0 Å². The van der Waals surface area contributed by atoms with Crippen molar-refractivity contribution in [3.05, 3.63) is 42.0 Å². The van der Waals surface area contributed by atoms with E-state index in [-0.39, 0.29) is 22.7 Å². The number of methoxy groups -OCH3 is 1. The highest BCUT2D eigenvalue weighted by Crippen LogP contribution is 2.56. The Labute approximate surface area is 277 Å². The molecule has 1 rings (SSSR count). The van der Waals surface area contributed by atoms with E-state index in [4.69, 9.17) is 14.3 Å². The summed E-state index contributed by atoms with van der Waals surface area (Å²) in [5.41, 5.74) is 2.76. The molecule has 1 aromatic rings. The largest absolute Gasteiger partial charge is 0.493 e. The van der Waals surface area contributed by atoms with Crippen LogP contribution >= 0.6 is 0 Å². The summed E-state index contributed by atoms with van der Waals surface area (Å²) >= 11 is 0. The molecule has 0 saturated carbocycles. The Bertz CT molecular complexity index is 986. The van der Waals surface area contributed by atoms with Crippen LogP contribution in [0.1, 0.15) is 147 Å². The number of ether oxygens (including phenoxy) is 2. The van der Waals surface area contributed by atoms with Crippen molar-refractivity contribution in [2.75, 3.05) is 13.7 Å². The number of hydrogen-bond acceptors (Lipinski definition) is 3. The van der Waals surface area contributed by atoms with Crippen LogP contribution in [0.4, 0.5) is 8.78 Å². The van der Waals surface area contributed by atoms with Gasteiger partial charge in [0.2, 0.25) is 5.92 Å².